The smallest absolute Gasteiger partial charge is 0.146 e. The Bertz CT molecular complexity index is 247. The van der Waals surface area contributed by atoms with Crippen LogP contribution in [0.5, 0.6) is 0 Å². The minimum Gasteiger partial charge on any atom is -0.361 e. The van der Waals surface area contributed by atoms with Gasteiger partial charge in [0, 0.05) is 26.8 Å². The molecule has 0 unspecified atom stereocenters. The predicted molar refractivity (Wildman–Crippen MR) is 49.1 cm³/mol. The predicted octanol–water partition coefficient (Wildman–Crippen LogP) is 0.262. The van der Waals surface area contributed by atoms with Crippen LogP contribution in [0.15, 0.2) is 12.4 Å². The van der Waals surface area contributed by atoms with E-state index in [1.54, 1.807) is 12.4 Å². The first-order valence-electron chi connectivity index (χ1n) is 3.87. The third-order valence-electron chi connectivity index (χ3n) is 1.49. The highest BCUT2D eigenvalue weighted by atomic mass is 15.1. The van der Waals surface area contributed by atoms with Crippen molar-refractivity contribution in [2.75, 3.05) is 26.0 Å². The average molecular weight is 166 g/mol. The van der Waals surface area contributed by atoms with Crippen molar-refractivity contribution in [1.82, 2.24) is 15.3 Å². The molecule has 0 spiro atoms. The Morgan fingerprint density at radius 3 is 2.75 bits per heavy atom. The SMILES string of the molecule is CNCc1cncc(N(C)C)n1. The van der Waals surface area contributed by atoms with Crippen molar-refractivity contribution >= 4 is 5.82 Å². The van der Waals surface area contributed by atoms with Crippen LogP contribution in [0, 0.1) is 0 Å². The van der Waals surface area contributed by atoms with Crippen molar-refractivity contribution in [3.05, 3.63) is 18.1 Å². The molecule has 4 nitrogen and oxygen atoms in total. The first kappa shape index (κ1) is 8.93. The molecule has 0 aliphatic rings. The van der Waals surface area contributed by atoms with Gasteiger partial charge in [0.05, 0.1) is 11.9 Å². The summed E-state index contributed by atoms with van der Waals surface area (Å²) in [6, 6.07) is 0. The third kappa shape index (κ3) is 2.17. The lowest BCUT2D eigenvalue weighted by Crippen LogP contribution is -2.14. The van der Waals surface area contributed by atoms with Crippen LogP contribution in [0.1, 0.15) is 5.69 Å². The van der Waals surface area contributed by atoms with E-state index in [2.05, 4.69) is 15.3 Å². The maximum atomic E-state index is 4.36. The van der Waals surface area contributed by atoms with Gasteiger partial charge in [-0.2, -0.15) is 0 Å². The van der Waals surface area contributed by atoms with Crippen LogP contribution in [0.25, 0.3) is 0 Å². The van der Waals surface area contributed by atoms with Gasteiger partial charge < -0.3 is 10.2 Å². The number of anilines is 1. The van der Waals surface area contributed by atoms with Gasteiger partial charge >= 0.3 is 0 Å². The molecular weight excluding hydrogens is 152 g/mol. The van der Waals surface area contributed by atoms with Gasteiger partial charge in [0.15, 0.2) is 0 Å². The Morgan fingerprint density at radius 2 is 2.17 bits per heavy atom. The van der Waals surface area contributed by atoms with E-state index in [0.717, 1.165) is 18.1 Å². The van der Waals surface area contributed by atoms with E-state index < -0.39 is 0 Å². The molecule has 1 aromatic rings. The Balaban J connectivity index is 2.81. The van der Waals surface area contributed by atoms with Crippen LogP contribution in [0.3, 0.4) is 0 Å². The quantitative estimate of drug-likeness (QED) is 0.699. The fourth-order valence-corrected chi connectivity index (χ4v) is 0.877. The highest BCUT2D eigenvalue weighted by Crippen LogP contribution is 2.04. The second-order valence-electron chi connectivity index (χ2n) is 2.79. The summed E-state index contributed by atoms with van der Waals surface area (Å²) >= 11 is 0. The lowest BCUT2D eigenvalue weighted by molar-refractivity contribution is 0.781. The maximum absolute atomic E-state index is 4.36. The molecule has 1 N–H and O–H groups in total. The number of nitrogens with one attached hydrogen (secondary N) is 1. The first-order chi connectivity index (χ1) is 5.74. The molecule has 0 bridgehead atoms. The summed E-state index contributed by atoms with van der Waals surface area (Å²) in [5.41, 5.74) is 0.962. The molecule has 0 saturated heterocycles. The molecule has 1 heterocycles. The lowest BCUT2D eigenvalue weighted by atomic mass is 10.4. The summed E-state index contributed by atoms with van der Waals surface area (Å²) < 4.78 is 0. The Morgan fingerprint density at radius 1 is 1.42 bits per heavy atom. The van der Waals surface area contributed by atoms with Crippen LogP contribution in [0.2, 0.25) is 0 Å². The second-order valence-corrected chi connectivity index (χ2v) is 2.79. The molecule has 4 heteroatoms. The van der Waals surface area contributed by atoms with E-state index in [4.69, 9.17) is 0 Å². The molecular formula is C8H14N4. The number of nitrogens with zero attached hydrogens (tertiary/aromatic N) is 3. The summed E-state index contributed by atoms with van der Waals surface area (Å²) in [5.74, 6) is 0.891. The topological polar surface area (TPSA) is 41.1 Å². The third-order valence-corrected chi connectivity index (χ3v) is 1.49. The molecule has 0 aromatic carbocycles. The zero-order valence-corrected chi connectivity index (χ0v) is 7.70. The number of aromatic nitrogens is 2. The Hall–Kier alpha value is -1.16. The molecule has 0 fully saturated rings. The molecule has 66 valence electrons. The van der Waals surface area contributed by atoms with Crippen molar-refractivity contribution < 1.29 is 0 Å². The molecule has 12 heavy (non-hydrogen) atoms. The van der Waals surface area contributed by atoms with Gasteiger partial charge in [0.25, 0.3) is 0 Å². The van der Waals surface area contributed by atoms with Gasteiger partial charge in [-0.15, -0.1) is 0 Å². The highest BCUT2D eigenvalue weighted by molar-refractivity contribution is 5.33. The van der Waals surface area contributed by atoms with E-state index in [0.29, 0.717) is 0 Å². The van der Waals surface area contributed by atoms with E-state index in [1.165, 1.54) is 0 Å². The van der Waals surface area contributed by atoms with Crippen LogP contribution in [0.4, 0.5) is 5.82 Å². The molecule has 0 amide bonds. The van der Waals surface area contributed by atoms with Crippen molar-refractivity contribution in [2.24, 2.45) is 0 Å². The van der Waals surface area contributed by atoms with Gasteiger partial charge in [0.1, 0.15) is 5.82 Å². The summed E-state index contributed by atoms with van der Waals surface area (Å²) in [6.07, 6.45) is 3.52. The second kappa shape index (κ2) is 4.01. The maximum Gasteiger partial charge on any atom is 0.146 e. The summed E-state index contributed by atoms with van der Waals surface area (Å²) in [7, 11) is 5.80. The van der Waals surface area contributed by atoms with Crippen molar-refractivity contribution in [1.29, 1.82) is 0 Å². The fraction of sp³-hybridized carbons (Fsp3) is 0.500. The molecule has 0 radical (unpaired) electrons. The normalized spacial score (nSPS) is 9.92. The summed E-state index contributed by atoms with van der Waals surface area (Å²) in [4.78, 5) is 10.4. The van der Waals surface area contributed by atoms with E-state index >= 15 is 0 Å². The van der Waals surface area contributed by atoms with Gasteiger partial charge in [-0.25, -0.2) is 4.98 Å². The van der Waals surface area contributed by atoms with Crippen LogP contribution >= 0.6 is 0 Å². The van der Waals surface area contributed by atoms with E-state index in [1.807, 2.05) is 26.0 Å². The van der Waals surface area contributed by atoms with Crippen LogP contribution in [-0.2, 0) is 6.54 Å². The average Bonchev–Trinajstić information content (AvgIpc) is 2.05. The fourth-order valence-electron chi connectivity index (χ4n) is 0.877. The van der Waals surface area contributed by atoms with Crippen LogP contribution in [-0.4, -0.2) is 31.1 Å². The lowest BCUT2D eigenvalue weighted by Gasteiger charge is -2.10. The summed E-state index contributed by atoms with van der Waals surface area (Å²) in [6.45, 7) is 0.759. The zero-order chi connectivity index (χ0) is 8.97. The van der Waals surface area contributed by atoms with Crippen molar-refractivity contribution in [2.45, 2.75) is 6.54 Å². The molecule has 0 atom stereocenters. The monoisotopic (exact) mass is 166 g/mol. The van der Waals surface area contributed by atoms with Gasteiger partial charge in [-0.1, -0.05) is 0 Å². The van der Waals surface area contributed by atoms with Gasteiger partial charge in [-0.05, 0) is 7.05 Å². The van der Waals surface area contributed by atoms with Gasteiger partial charge in [0.2, 0.25) is 0 Å². The van der Waals surface area contributed by atoms with E-state index in [9.17, 15) is 0 Å². The molecule has 0 aliphatic heterocycles. The minimum absolute atomic E-state index is 0.759. The number of hydrogen-bond donors (Lipinski definition) is 1. The molecule has 0 aliphatic carbocycles. The molecule has 1 aromatic heterocycles. The Labute approximate surface area is 72.6 Å². The standard InChI is InChI=1S/C8H14N4/c1-9-4-7-5-10-6-8(11-7)12(2)3/h5-6,9H,4H2,1-3H3. The zero-order valence-electron chi connectivity index (χ0n) is 7.70. The summed E-state index contributed by atoms with van der Waals surface area (Å²) in [5, 5.41) is 3.03. The first-order valence-corrected chi connectivity index (χ1v) is 3.87. The molecule has 0 saturated carbocycles. The number of rotatable bonds is 3. The van der Waals surface area contributed by atoms with E-state index in [-0.39, 0.29) is 0 Å². The van der Waals surface area contributed by atoms with Gasteiger partial charge in [-0.3, -0.25) is 4.98 Å². The molecule has 1 rings (SSSR count). The van der Waals surface area contributed by atoms with Crippen molar-refractivity contribution in [3.63, 3.8) is 0 Å². The van der Waals surface area contributed by atoms with Crippen LogP contribution < -0.4 is 10.2 Å². The minimum atomic E-state index is 0.759. The number of hydrogen-bond acceptors (Lipinski definition) is 4. The largest absolute Gasteiger partial charge is 0.361 e. The Kier molecular flexibility index (Phi) is 2.99. The highest BCUT2D eigenvalue weighted by Gasteiger charge is 1.98. The van der Waals surface area contributed by atoms with Crippen molar-refractivity contribution in [3.8, 4) is 0 Å².